The predicted molar refractivity (Wildman–Crippen MR) is 151 cm³/mol. The van der Waals surface area contributed by atoms with Crippen molar-refractivity contribution >= 4 is 16.6 Å². The van der Waals surface area contributed by atoms with Crippen LogP contribution in [0, 0.1) is 0 Å². The molecule has 1 aliphatic rings. The van der Waals surface area contributed by atoms with Crippen molar-refractivity contribution in [2.75, 3.05) is 13.7 Å². The Bertz CT molecular complexity index is 1640. The molecular formula is C32H29F4N3O3. The summed E-state index contributed by atoms with van der Waals surface area (Å²) < 4.78 is 62.2. The third-order valence-corrected chi connectivity index (χ3v) is 7.36. The van der Waals surface area contributed by atoms with E-state index in [2.05, 4.69) is 16.4 Å². The Morgan fingerprint density at radius 1 is 1.17 bits per heavy atom. The number of methoxy groups -OCH3 is 1. The average Bonchev–Trinajstić information content (AvgIpc) is 3.62. The molecule has 0 spiro atoms. The number of nitrogens with zero attached hydrogens (tertiary/aromatic N) is 3. The molecule has 0 aliphatic heterocycles. The van der Waals surface area contributed by atoms with Gasteiger partial charge in [0.2, 0.25) is 5.78 Å². The normalized spacial score (nSPS) is 16.3. The van der Waals surface area contributed by atoms with Gasteiger partial charge in [-0.15, -0.1) is 13.2 Å². The van der Waals surface area contributed by atoms with Crippen LogP contribution in [0.4, 0.5) is 17.6 Å². The van der Waals surface area contributed by atoms with E-state index in [9.17, 15) is 22.4 Å². The van der Waals surface area contributed by atoms with Crippen molar-refractivity contribution in [2.24, 2.45) is 0 Å². The molecule has 1 aliphatic carbocycles. The summed E-state index contributed by atoms with van der Waals surface area (Å²) in [5.74, 6) is -1.96. The maximum atomic E-state index is 13.3. The molecule has 10 heteroatoms. The summed E-state index contributed by atoms with van der Waals surface area (Å²) in [6, 6.07) is 11.8. The molecule has 4 aromatic rings. The number of carbonyl (C=O) groups is 1. The maximum Gasteiger partial charge on any atom is 0.573 e. The Morgan fingerprint density at radius 3 is 2.67 bits per heavy atom. The number of hydrogen-bond acceptors (Lipinski definition) is 5. The van der Waals surface area contributed by atoms with Crippen LogP contribution < -0.4 is 4.74 Å². The summed E-state index contributed by atoms with van der Waals surface area (Å²) in [6.45, 7) is 4.21. The first kappa shape index (κ1) is 29.2. The predicted octanol–water partition coefficient (Wildman–Crippen LogP) is 7.48. The minimum Gasteiger partial charge on any atom is -0.406 e. The molecule has 42 heavy (non-hydrogen) atoms. The van der Waals surface area contributed by atoms with Crippen LogP contribution in [0.25, 0.3) is 21.9 Å². The molecule has 2 aromatic heterocycles. The molecule has 1 atom stereocenters. The smallest absolute Gasteiger partial charge is 0.406 e. The van der Waals surface area contributed by atoms with Crippen molar-refractivity contribution in [3.63, 3.8) is 0 Å². The van der Waals surface area contributed by atoms with Gasteiger partial charge in [-0.05, 0) is 66.0 Å². The minimum absolute atomic E-state index is 0.0111. The molecule has 0 radical (unpaired) electrons. The van der Waals surface area contributed by atoms with Crippen LogP contribution >= 0.6 is 0 Å². The van der Waals surface area contributed by atoms with Gasteiger partial charge in [-0.25, -0.2) is 4.39 Å². The number of aromatic nitrogens is 3. The number of halogens is 4. The minimum atomic E-state index is -4.76. The SMILES string of the molecule is C=C(F)C(=O)/C=C1/CCC(c2ncc(Cc3ccc(OC(F)(F)F)cc3)c3cccc(-c4cnn(CCOC)c4)c23)C1. The van der Waals surface area contributed by atoms with E-state index in [0.717, 1.165) is 50.7 Å². The number of rotatable bonds is 10. The largest absolute Gasteiger partial charge is 0.573 e. The standard InChI is InChI=1S/C32H29F4N3O3/c1-20(33)29(40)16-22-6-9-23(15-22)31-30-27(4-3-5-28(30)25-18-38-39(19-25)12-13-41-2)24(17-37-31)14-21-7-10-26(11-8-21)42-32(34,35)36/h3-5,7-8,10-11,16-19,23H,1,6,9,12-15H2,2H3/b22-16-. The van der Waals surface area contributed by atoms with Gasteiger partial charge in [-0.2, -0.15) is 5.10 Å². The molecule has 6 nitrogen and oxygen atoms in total. The van der Waals surface area contributed by atoms with E-state index < -0.39 is 18.0 Å². The van der Waals surface area contributed by atoms with Crippen LogP contribution in [0.5, 0.6) is 5.75 Å². The van der Waals surface area contributed by atoms with Gasteiger partial charge in [-0.3, -0.25) is 14.5 Å². The van der Waals surface area contributed by atoms with Gasteiger partial charge in [0.15, 0.2) is 5.83 Å². The van der Waals surface area contributed by atoms with Crippen molar-refractivity contribution in [3.8, 4) is 16.9 Å². The lowest BCUT2D eigenvalue weighted by Crippen LogP contribution is -2.17. The highest BCUT2D eigenvalue weighted by Gasteiger charge is 2.31. The van der Waals surface area contributed by atoms with Crippen LogP contribution in [-0.2, 0) is 22.5 Å². The van der Waals surface area contributed by atoms with Gasteiger partial charge < -0.3 is 9.47 Å². The Morgan fingerprint density at radius 2 is 1.95 bits per heavy atom. The van der Waals surface area contributed by atoms with Crippen molar-refractivity contribution in [1.82, 2.24) is 14.8 Å². The molecule has 1 saturated carbocycles. The van der Waals surface area contributed by atoms with Gasteiger partial charge in [0, 0.05) is 36.4 Å². The zero-order valence-electron chi connectivity index (χ0n) is 23.0. The molecule has 0 saturated heterocycles. The zero-order valence-corrected chi connectivity index (χ0v) is 23.0. The lowest BCUT2D eigenvalue weighted by Gasteiger charge is -2.18. The average molecular weight is 580 g/mol. The molecule has 5 rings (SSSR count). The number of ketones is 1. The van der Waals surface area contributed by atoms with Crippen molar-refractivity contribution in [3.05, 3.63) is 102 Å². The second-order valence-corrected chi connectivity index (χ2v) is 10.3. The Labute approximate surface area is 240 Å². The monoisotopic (exact) mass is 579 g/mol. The fourth-order valence-corrected chi connectivity index (χ4v) is 5.42. The summed E-state index contributed by atoms with van der Waals surface area (Å²) in [6.07, 6.45) is 4.55. The first-order valence-corrected chi connectivity index (χ1v) is 13.5. The highest BCUT2D eigenvalue weighted by atomic mass is 19.4. The van der Waals surface area contributed by atoms with E-state index in [-0.39, 0.29) is 11.7 Å². The number of carbonyl (C=O) groups excluding carboxylic acids is 1. The number of fused-ring (bicyclic) bond motifs is 1. The fourth-order valence-electron chi connectivity index (χ4n) is 5.42. The molecule has 0 amide bonds. The van der Waals surface area contributed by atoms with Crippen LogP contribution in [0.15, 0.2) is 85.1 Å². The molecular weight excluding hydrogens is 550 g/mol. The van der Waals surface area contributed by atoms with Gasteiger partial charge in [0.25, 0.3) is 0 Å². The van der Waals surface area contributed by atoms with Crippen molar-refractivity contribution < 1.29 is 31.8 Å². The molecule has 1 fully saturated rings. The van der Waals surface area contributed by atoms with Crippen LogP contribution in [0.2, 0.25) is 0 Å². The van der Waals surface area contributed by atoms with Gasteiger partial charge in [0.1, 0.15) is 5.75 Å². The van der Waals surface area contributed by atoms with Gasteiger partial charge in [-0.1, -0.05) is 42.5 Å². The third-order valence-electron chi connectivity index (χ3n) is 7.36. The van der Waals surface area contributed by atoms with Crippen molar-refractivity contribution in [2.45, 2.75) is 44.5 Å². The summed E-state index contributed by atoms with van der Waals surface area (Å²) in [5.41, 5.74) is 5.29. The molecule has 218 valence electrons. The Balaban J connectivity index is 1.55. The molecule has 2 heterocycles. The third kappa shape index (κ3) is 6.76. The number of benzene rings is 2. The summed E-state index contributed by atoms with van der Waals surface area (Å²) in [5, 5.41) is 6.39. The Kier molecular flexibility index (Phi) is 8.54. The molecule has 1 unspecified atom stereocenters. The quantitative estimate of drug-likeness (QED) is 0.144. The lowest BCUT2D eigenvalue weighted by atomic mass is 9.89. The van der Waals surface area contributed by atoms with E-state index in [0.29, 0.717) is 32.4 Å². The first-order chi connectivity index (χ1) is 20.1. The number of hydrogen-bond donors (Lipinski definition) is 0. The van der Waals surface area contributed by atoms with Crippen LogP contribution in [0.1, 0.15) is 42.0 Å². The van der Waals surface area contributed by atoms with E-state index in [4.69, 9.17) is 9.72 Å². The maximum absolute atomic E-state index is 13.3. The first-order valence-electron chi connectivity index (χ1n) is 13.5. The van der Waals surface area contributed by atoms with E-state index in [1.165, 1.54) is 18.2 Å². The molecule has 0 bridgehead atoms. The number of ether oxygens (including phenoxy) is 2. The summed E-state index contributed by atoms with van der Waals surface area (Å²) >= 11 is 0. The number of allylic oxidation sites excluding steroid dienone is 3. The van der Waals surface area contributed by atoms with Crippen LogP contribution in [0.3, 0.4) is 0 Å². The fraction of sp³-hybridized carbons (Fsp3) is 0.281. The topological polar surface area (TPSA) is 66.2 Å². The number of pyridine rings is 1. The highest BCUT2D eigenvalue weighted by Crippen LogP contribution is 2.43. The molecule has 2 aromatic carbocycles. The van der Waals surface area contributed by atoms with E-state index in [1.807, 2.05) is 29.1 Å². The van der Waals surface area contributed by atoms with Crippen LogP contribution in [-0.4, -0.2) is 40.6 Å². The highest BCUT2D eigenvalue weighted by molar-refractivity contribution is 6.02. The Hall–Kier alpha value is -4.31. The summed E-state index contributed by atoms with van der Waals surface area (Å²) in [7, 11) is 1.63. The van der Waals surface area contributed by atoms with E-state index >= 15 is 0 Å². The van der Waals surface area contributed by atoms with Gasteiger partial charge >= 0.3 is 6.36 Å². The van der Waals surface area contributed by atoms with Crippen molar-refractivity contribution in [1.29, 1.82) is 0 Å². The van der Waals surface area contributed by atoms with E-state index in [1.54, 1.807) is 31.6 Å². The molecule has 0 N–H and O–H groups in total. The number of alkyl halides is 3. The zero-order chi connectivity index (χ0) is 29.9. The summed E-state index contributed by atoms with van der Waals surface area (Å²) in [4.78, 5) is 16.8. The second-order valence-electron chi connectivity index (χ2n) is 10.3. The van der Waals surface area contributed by atoms with Gasteiger partial charge in [0.05, 0.1) is 25.0 Å². The second kappa shape index (κ2) is 12.3. The lowest BCUT2D eigenvalue weighted by molar-refractivity contribution is -0.274.